The van der Waals surface area contributed by atoms with Crippen molar-refractivity contribution in [1.29, 1.82) is 0 Å². The highest BCUT2D eigenvalue weighted by Gasteiger charge is 2.28. The number of hydrogen-bond donors (Lipinski definition) is 1. The smallest absolute Gasteiger partial charge is 0.286 e. The number of rotatable bonds is 5. The Hall–Kier alpha value is -2.50. The monoisotopic (exact) mass is 344 g/mol. The Kier molecular flexibility index (Phi) is 5.58. The maximum atomic E-state index is 12.7. The van der Waals surface area contributed by atoms with Crippen molar-refractivity contribution in [3.63, 3.8) is 0 Å². The van der Waals surface area contributed by atoms with Crippen molar-refractivity contribution in [1.82, 2.24) is 10.2 Å². The molecule has 1 saturated heterocycles. The predicted molar refractivity (Wildman–Crippen MR) is 92.0 cm³/mol. The Balaban J connectivity index is 1.59. The first-order valence-corrected chi connectivity index (χ1v) is 8.82. The van der Waals surface area contributed by atoms with Crippen molar-refractivity contribution in [2.45, 2.75) is 45.1 Å². The van der Waals surface area contributed by atoms with Crippen LogP contribution in [0.15, 0.2) is 39.4 Å². The summed E-state index contributed by atoms with van der Waals surface area (Å²) < 4.78 is 10.8. The first kappa shape index (κ1) is 17.3. The molecule has 6 heteroatoms. The van der Waals surface area contributed by atoms with Crippen molar-refractivity contribution in [3.8, 4) is 0 Å². The molecule has 25 heavy (non-hydrogen) atoms. The van der Waals surface area contributed by atoms with E-state index in [1.54, 1.807) is 12.1 Å². The van der Waals surface area contributed by atoms with E-state index in [4.69, 9.17) is 8.83 Å². The Labute approximate surface area is 147 Å². The summed E-state index contributed by atoms with van der Waals surface area (Å²) in [7, 11) is 0. The molecule has 0 aliphatic carbocycles. The van der Waals surface area contributed by atoms with Gasteiger partial charge in [-0.1, -0.05) is 12.8 Å². The number of aryl methyl sites for hydroxylation is 1. The molecule has 0 unspecified atom stereocenters. The average Bonchev–Trinajstić information content (AvgIpc) is 3.22. The van der Waals surface area contributed by atoms with Crippen molar-refractivity contribution >= 4 is 11.8 Å². The molecule has 0 spiro atoms. The third kappa shape index (κ3) is 4.32. The summed E-state index contributed by atoms with van der Waals surface area (Å²) in [5.74, 6) is 1.71. The number of amides is 2. The Morgan fingerprint density at radius 1 is 1.24 bits per heavy atom. The van der Waals surface area contributed by atoms with E-state index in [-0.39, 0.29) is 30.0 Å². The fourth-order valence-corrected chi connectivity index (χ4v) is 3.26. The minimum absolute atomic E-state index is 0.00975. The van der Waals surface area contributed by atoms with E-state index >= 15 is 0 Å². The Morgan fingerprint density at radius 3 is 2.84 bits per heavy atom. The highest BCUT2D eigenvalue weighted by molar-refractivity contribution is 5.91. The minimum atomic E-state index is -0.299. The van der Waals surface area contributed by atoms with Gasteiger partial charge in [-0.25, -0.2) is 0 Å². The number of nitrogens with one attached hydrogen (secondary N) is 1. The zero-order chi connectivity index (χ0) is 17.6. The van der Waals surface area contributed by atoms with Gasteiger partial charge in [-0.2, -0.15) is 0 Å². The number of carbonyl (C=O) groups excluding carboxylic acids is 2. The number of furan rings is 2. The van der Waals surface area contributed by atoms with Crippen molar-refractivity contribution in [3.05, 3.63) is 47.8 Å². The second-order valence-corrected chi connectivity index (χ2v) is 6.38. The van der Waals surface area contributed by atoms with Crippen LogP contribution < -0.4 is 5.32 Å². The molecule has 2 amide bonds. The van der Waals surface area contributed by atoms with Gasteiger partial charge in [0.25, 0.3) is 5.91 Å². The molecule has 0 bridgehead atoms. The molecule has 2 aromatic rings. The van der Waals surface area contributed by atoms with E-state index in [1.807, 2.05) is 24.0 Å². The highest BCUT2D eigenvalue weighted by atomic mass is 16.3. The number of nitrogens with zero attached hydrogens (tertiary/aromatic N) is 1. The molecule has 3 rings (SSSR count). The molecule has 1 fully saturated rings. The predicted octanol–water partition coefficient (Wildman–Crippen LogP) is 3.44. The molecule has 3 heterocycles. The molecule has 134 valence electrons. The molecule has 1 aliphatic rings. The topological polar surface area (TPSA) is 75.7 Å². The van der Waals surface area contributed by atoms with Crippen LogP contribution in [0.5, 0.6) is 0 Å². The van der Waals surface area contributed by atoms with Gasteiger partial charge in [-0.15, -0.1) is 0 Å². The summed E-state index contributed by atoms with van der Waals surface area (Å²) in [5.41, 5.74) is 0. The van der Waals surface area contributed by atoms with Gasteiger partial charge in [0.1, 0.15) is 11.5 Å². The molecule has 6 nitrogen and oxygen atoms in total. The van der Waals surface area contributed by atoms with Gasteiger partial charge in [0.2, 0.25) is 5.91 Å². The van der Waals surface area contributed by atoms with Gasteiger partial charge in [0, 0.05) is 19.5 Å². The average molecular weight is 344 g/mol. The van der Waals surface area contributed by atoms with E-state index in [9.17, 15) is 9.59 Å². The Morgan fingerprint density at radius 2 is 2.12 bits per heavy atom. The van der Waals surface area contributed by atoms with E-state index < -0.39 is 0 Å². The lowest BCUT2D eigenvalue weighted by Crippen LogP contribution is -2.37. The van der Waals surface area contributed by atoms with Crippen LogP contribution in [0.3, 0.4) is 0 Å². The van der Waals surface area contributed by atoms with Crippen LogP contribution in [0.1, 0.15) is 60.2 Å². The van der Waals surface area contributed by atoms with Crippen LogP contribution >= 0.6 is 0 Å². The largest absolute Gasteiger partial charge is 0.464 e. The molecule has 1 atom stereocenters. The SMILES string of the molecule is Cc1ccc([C@@H]2CCCCCN2C(=O)CCNC(=O)c2ccco2)o1. The van der Waals surface area contributed by atoms with Crippen molar-refractivity contribution < 1.29 is 18.4 Å². The molecule has 0 radical (unpaired) electrons. The molecular weight excluding hydrogens is 320 g/mol. The summed E-state index contributed by atoms with van der Waals surface area (Å²) in [6.45, 7) is 2.94. The van der Waals surface area contributed by atoms with Gasteiger partial charge >= 0.3 is 0 Å². The van der Waals surface area contributed by atoms with Crippen molar-refractivity contribution in [2.24, 2.45) is 0 Å². The van der Waals surface area contributed by atoms with Crippen LogP contribution in [-0.4, -0.2) is 29.8 Å². The number of hydrogen-bond acceptors (Lipinski definition) is 4. The van der Waals surface area contributed by atoms with Crippen LogP contribution in [0.25, 0.3) is 0 Å². The zero-order valence-corrected chi connectivity index (χ0v) is 14.5. The molecule has 1 N–H and O–H groups in total. The second-order valence-electron chi connectivity index (χ2n) is 6.38. The maximum Gasteiger partial charge on any atom is 0.286 e. The quantitative estimate of drug-likeness (QED) is 0.901. The second kappa shape index (κ2) is 8.05. The van der Waals surface area contributed by atoms with E-state index in [2.05, 4.69) is 5.32 Å². The standard InChI is InChI=1S/C19H24N2O4/c1-14-8-9-16(25-14)15-6-3-2-4-12-21(15)18(22)10-11-20-19(23)17-7-5-13-24-17/h5,7-9,13,15H,2-4,6,10-12H2,1H3,(H,20,23)/t15-/m0/s1. The van der Waals surface area contributed by atoms with Crippen LogP contribution in [0.2, 0.25) is 0 Å². The van der Waals surface area contributed by atoms with Crippen LogP contribution in [0, 0.1) is 6.92 Å². The lowest BCUT2D eigenvalue weighted by molar-refractivity contribution is -0.133. The normalized spacial score (nSPS) is 18.0. The first-order valence-electron chi connectivity index (χ1n) is 8.82. The zero-order valence-electron chi connectivity index (χ0n) is 14.5. The van der Waals surface area contributed by atoms with Gasteiger partial charge in [-0.3, -0.25) is 9.59 Å². The van der Waals surface area contributed by atoms with Gasteiger partial charge in [-0.05, 0) is 44.0 Å². The summed E-state index contributed by atoms with van der Waals surface area (Å²) in [6.07, 6.45) is 5.84. The van der Waals surface area contributed by atoms with Gasteiger partial charge in [0.15, 0.2) is 5.76 Å². The van der Waals surface area contributed by atoms with E-state index in [1.165, 1.54) is 6.26 Å². The molecule has 2 aromatic heterocycles. The van der Waals surface area contributed by atoms with Crippen molar-refractivity contribution in [2.75, 3.05) is 13.1 Å². The van der Waals surface area contributed by atoms with Crippen LogP contribution in [0.4, 0.5) is 0 Å². The summed E-state index contributed by atoms with van der Waals surface area (Å²) in [6, 6.07) is 7.15. The van der Waals surface area contributed by atoms with Crippen LogP contribution in [-0.2, 0) is 4.79 Å². The lowest BCUT2D eigenvalue weighted by atomic mass is 10.1. The van der Waals surface area contributed by atoms with E-state index in [0.717, 1.165) is 43.7 Å². The minimum Gasteiger partial charge on any atom is -0.464 e. The molecule has 0 aromatic carbocycles. The van der Waals surface area contributed by atoms with Gasteiger partial charge < -0.3 is 19.1 Å². The molecular formula is C19H24N2O4. The number of carbonyl (C=O) groups is 2. The van der Waals surface area contributed by atoms with E-state index in [0.29, 0.717) is 6.54 Å². The fourth-order valence-electron chi connectivity index (χ4n) is 3.26. The molecule has 0 saturated carbocycles. The fraction of sp³-hybridized carbons (Fsp3) is 0.474. The van der Waals surface area contributed by atoms with Gasteiger partial charge in [0.05, 0.1) is 12.3 Å². The maximum absolute atomic E-state index is 12.7. The summed E-state index contributed by atoms with van der Waals surface area (Å²) in [5, 5.41) is 2.73. The third-order valence-electron chi connectivity index (χ3n) is 4.53. The summed E-state index contributed by atoms with van der Waals surface area (Å²) >= 11 is 0. The Bertz CT molecular complexity index is 705. The molecule has 1 aliphatic heterocycles. The lowest BCUT2D eigenvalue weighted by Gasteiger charge is -2.28. The summed E-state index contributed by atoms with van der Waals surface area (Å²) in [4.78, 5) is 26.5. The highest BCUT2D eigenvalue weighted by Crippen LogP contribution is 2.31. The third-order valence-corrected chi connectivity index (χ3v) is 4.53. The first-order chi connectivity index (χ1) is 12.1. The number of likely N-dealkylation sites (tertiary alicyclic amines) is 1.